The first-order valence-electron chi connectivity index (χ1n) is 4.63. The zero-order chi connectivity index (χ0) is 11.4. The maximum atomic E-state index is 10.7. The molecule has 0 saturated carbocycles. The van der Waals surface area contributed by atoms with Crippen LogP contribution in [0.2, 0.25) is 0 Å². The minimum Gasteiger partial charge on any atom is -0.508 e. The van der Waals surface area contributed by atoms with Crippen LogP contribution in [0.15, 0.2) is 23.1 Å². The zero-order valence-corrected chi connectivity index (χ0v) is 9.54. The second-order valence-corrected chi connectivity index (χ2v) is 4.32. The molecule has 1 unspecified atom stereocenters. The Morgan fingerprint density at radius 3 is 2.73 bits per heavy atom. The van der Waals surface area contributed by atoms with Gasteiger partial charge in [-0.2, -0.15) is 0 Å². The SMILES string of the molecule is CSc1ccc(O)c(CC(C)C(=O)O)c1. The highest BCUT2D eigenvalue weighted by atomic mass is 32.2. The normalized spacial score (nSPS) is 12.4. The van der Waals surface area contributed by atoms with E-state index in [1.54, 1.807) is 24.8 Å². The molecule has 0 spiro atoms. The largest absolute Gasteiger partial charge is 0.508 e. The third-order valence-electron chi connectivity index (χ3n) is 2.23. The number of phenols is 1. The van der Waals surface area contributed by atoms with Crippen molar-refractivity contribution < 1.29 is 15.0 Å². The van der Waals surface area contributed by atoms with Gasteiger partial charge in [-0.3, -0.25) is 4.79 Å². The Labute approximate surface area is 93.1 Å². The van der Waals surface area contributed by atoms with Gasteiger partial charge in [0, 0.05) is 4.90 Å². The van der Waals surface area contributed by atoms with Gasteiger partial charge in [0.05, 0.1) is 5.92 Å². The molecule has 1 rings (SSSR count). The van der Waals surface area contributed by atoms with Gasteiger partial charge >= 0.3 is 5.97 Å². The van der Waals surface area contributed by atoms with Gasteiger partial charge in [0.2, 0.25) is 0 Å². The van der Waals surface area contributed by atoms with Gasteiger partial charge in [0.1, 0.15) is 5.75 Å². The molecule has 1 aromatic rings. The average Bonchev–Trinajstić information content (AvgIpc) is 2.21. The van der Waals surface area contributed by atoms with E-state index in [0.717, 1.165) is 4.90 Å². The van der Waals surface area contributed by atoms with Crippen LogP contribution in [0.1, 0.15) is 12.5 Å². The number of hydrogen-bond acceptors (Lipinski definition) is 3. The van der Waals surface area contributed by atoms with Crippen LogP contribution in [0.4, 0.5) is 0 Å². The Hall–Kier alpha value is -1.16. The van der Waals surface area contributed by atoms with E-state index in [2.05, 4.69) is 0 Å². The maximum absolute atomic E-state index is 10.7. The summed E-state index contributed by atoms with van der Waals surface area (Å²) in [6.45, 7) is 1.63. The van der Waals surface area contributed by atoms with Crippen molar-refractivity contribution in [1.82, 2.24) is 0 Å². The summed E-state index contributed by atoms with van der Waals surface area (Å²) in [6, 6.07) is 5.25. The number of aromatic hydroxyl groups is 1. The van der Waals surface area contributed by atoms with Crippen LogP contribution in [0.25, 0.3) is 0 Å². The molecule has 0 fully saturated rings. The van der Waals surface area contributed by atoms with Crippen molar-refractivity contribution in [2.75, 3.05) is 6.26 Å². The molecule has 0 saturated heterocycles. The van der Waals surface area contributed by atoms with Crippen LogP contribution >= 0.6 is 11.8 Å². The van der Waals surface area contributed by atoms with Crippen molar-refractivity contribution in [2.24, 2.45) is 5.92 Å². The summed E-state index contributed by atoms with van der Waals surface area (Å²) in [5.41, 5.74) is 0.691. The Morgan fingerprint density at radius 1 is 1.53 bits per heavy atom. The van der Waals surface area contributed by atoms with Crippen molar-refractivity contribution >= 4 is 17.7 Å². The standard InChI is InChI=1S/C11H14O3S/c1-7(11(13)14)5-8-6-9(15-2)3-4-10(8)12/h3-4,6-7,12H,5H2,1-2H3,(H,13,14). The molecule has 0 aromatic heterocycles. The van der Waals surface area contributed by atoms with Gasteiger partial charge in [-0.25, -0.2) is 0 Å². The smallest absolute Gasteiger partial charge is 0.306 e. The van der Waals surface area contributed by atoms with Crippen molar-refractivity contribution in [2.45, 2.75) is 18.2 Å². The highest BCUT2D eigenvalue weighted by Gasteiger charge is 2.14. The van der Waals surface area contributed by atoms with Gasteiger partial charge in [0.15, 0.2) is 0 Å². The lowest BCUT2D eigenvalue weighted by atomic mass is 10.0. The predicted molar refractivity (Wildman–Crippen MR) is 60.4 cm³/mol. The van der Waals surface area contributed by atoms with Crippen LogP contribution in [-0.2, 0) is 11.2 Å². The lowest BCUT2D eigenvalue weighted by Crippen LogP contribution is -2.12. The summed E-state index contributed by atoms with van der Waals surface area (Å²) in [4.78, 5) is 11.7. The molecule has 0 aliphatic rings. The molecule has 4 heteroatoms. The fourth-order valence-electron chi connectivity index (χ4n) is 1.27. The van der Waals surface area contributed by atoms with E-state index in [0.29, 0.717) is 12.0 Å². The summed E-state index contributed by atoms with van der Waals surface area (Å²) in [6.07, 6.45) is 2.30. The zero-order valence-electron chi connectivity index (χ0n) is 8.73. The molecule has 0 bridgehead atoms. The Morgan fingerprint density at radius 2 is 2.20 bits per heavy atom. The predicted octanol–water partition coefficient (Wildman–Crippen LogP) is 2.38. The molecule has 15 heavy (non-hydrogen) atoms. The summed E-state index contributed by atoms with van der Waals surface area (Å²) in [5, 5.41) is 18.3. The van der Waals surface area contributed by atoms with Crippen LogP contribution in [0, 0.1) is 5.92 Å². The van der Waals surface area contributed by atoms with E-state index in [9.17, 15) is 9.90 Å². The third kappa shape index (κ3) is 3.16. The van der Waals surface area contributed by atoms with Gasteiger partial charge in [-0.05, 0) is 36.4 Å². The number of benzene rings is 1. The third-order valence-corrected chi connectivity index (χ3v) is 2.96. The van der Waals surface area contributed by atoms with Crippen molar-refractivity contribution in [3.63, 3.8) is 0 Å². The lowest BCUT2D eigenvalue weighted by Gasteiger charge is -2.09. The van der Waals surface area contributed by atoms with E-state index in [-0.39, 0.29) is 5.75 Å². The number of hydrogen-bond donors (Lipinski definition) is 2. The molecule has 0 amide bonds. The van der Waals surface area contributed by atoms with Crippen LogP contribution < -0.4 is 0 Å². The number of aliphatic carboxylic acids is 1. The minimum absolute atomic E-state index is 0.167. The monoisotopic (exact) mass is 226 g/mol. The van der Waals surface area contributed by atoms with Crippen LogP contribution in [-0.4, -0.2) is 22.4 Å². The summed E-state index contributed by atoms with van der Waals surface area (Å²) in [7, 11) is 0. The molecule has 0 heterocycles. The molecule has 1 aromatic carbocycles. The minimum atomic E-state index is -0.844. The first-order chi connectivity index (χ1) is 7.04. The number of carboxylic acid groups (broad SMARTS) is 1. The fourth-order valence-corrected chi connectivity index (χ4v) is 1.73. The maximum Gasteiger partial charge on any atom is 0.306 e. The first kappa shape index (κ1) is 11.9. The van der Waals surface area contributed by atoms with Gasteiger partial charge in [-0.1, -0.05) is 6.92 Å². The Balaban J connectivity index is 2.88. The van der Waals surface area contributed by atoms with Gasteiger partial charge in [-0.15, -0.1) is 11.8 Å². The molecule has 3 nitrogen and oxygen atoms in total. The average molecular weight is 226 g/mol. The second kappa shape index (κ2) is 5.07. The number of thioether (sulfide) groups is 1. The first-order valence-corrected chi connectivity index (χ1v) is 5.85. The number of carboxylic acids is 1. The fraction of sp³-hybridized carbons (Fsp3) is 0.364. The number of rotatable bonds is 4. The molecule has 1 atom stereocenters. The highest BCUT2D eigenvalue weighted by Crippen LogP contribution is 2.25. The molecule has 0 aliphatic heterocycles. The quantitative estimate of drug-likeness (QED) is 0.774. The lowest BCUT2D eigenvalue weighted by molar-refractivity contribution is -0.141. The van der Waals surface area contributed by atoms with Crippen LogP contribution in [0.3, 0.4) is 0 Å². The van der Waals surface area contributed by atoms with Gasteiger partial charge in [0.25, 0.3) is 0 Å². The molecule has 0 radical (unpaired) electrons. The van der Waals surface area contributed by atoms with Crippen molar-refractivity contribution in [1.29, 1.82) is 0 Å². The summed E-state index contributed by atoms with van der Waals surface area (Å²) >= 11 is 1.57. The van der Waals surface area contributed by atoms with Crippen LogP contribution in [0.5, 0.6) is 5.75 Å². The molecular formula is C11H14O3S. The van der Waals surface area contributed by atoms with Gasteiger partial charge < -0.3 is 10.2 Å². The summed E-state index contributed by atoms with van der Waals surface area (Å²) < 4.78 is 0. The molecule has 82 valence electrons. The van der Waals surface area contributed by atoms with Crippen molar-refractivity contribution in [3.05, 3.63) is 23.8 Å². The molecular weight excluding hydrogens is 212 g/mol. The number of phenolic OH excluding ortho intramolecular Hbond substituents is 1. The van der Waals surface area contributed by atoms with E-state index < -0.39 is 11.9 Å². The topological polar surface area (TPSA) is 57.5 Å². The Bertz CT molecular complexity index is 363. The van der Waals surface area contributed by atoms with E-state index in [1.807, 2.05) is 18.4 Å². The molecule has 2 N–H and O–H groups in total. The second-order valence-electron chi connectivity index (χ2n) is 3.44. The van der Waals surface area contributed by atoms with E-state index in [1.165, 1.54) is 0 Å². The van der Waals surface area contributed by atoms with Crippen molar-refractivity contribution in [3.8, 4) is 5.75 Å². The van der Waals surface area contributed by atoms with E-state index in [4.69, 9.17) is 5.11 Å². The van der Waals surface area contributed by atoms with E-state index >= 15 is 0 Å². The Kier molecular flexibility index (Phi) is 4.03. The highest BCUT2D eigenvalue weighted by molar-refractivity contribution is 7.98. The summed E-state index contributed by atoms with van der Waals surface area (Å²) in [5.74, 6) is -1.15. The number of carbonyl (C=O) groups is 1. The molecule has 0 aliphatic carbocycles.